The Morgan fingerprint density at radius 1 is 0.941 bits per heavy atom. The van der Waals surface area contributed by atoms with Crippen molar-refractivity contribution in [1.29, 1.82) is 0 Å². The van der Waals surface area contributed by atoms with Gasteiger partial charge in [0.1, 0.15) is 17.5 Å². The van der Waals surface area contributed by atoms with E-state index in [-0.39, 0.29) is 30.2 Å². The topological polar surface area (TPSA) is 56.2 Å². The van der Waals surface area contributed by atoms with E-state index < -0.39 is 29.2 Å². The Labute approximate surface area is 192 Å². The Morgan fingerprint density at radius 3 is 2.35 bits per heavy atom. The van der Waals surface area contributed by atoms with E-state index >= 15 is 0 Å². The van der Waals surface area contributed by atoms with Crippen molar-refractivity contribution in [2.24, 2.45) is 0 Å². The minimum absolute atomic E-state index is 0.0491. The minimum atomic E-state index is -0.923. The number of nitrogens with one attached hydrogen (secondary N) is 1. The number of rotatable bonds is 7. The standard InChI is InChI=1S/C25H19F4N3O2/c1-15-19(11-13-24(33)30-22-5-3-2-4-20(22)28)25(34-23-12-8-17(27)14-21(23)29)32(31-15)18-9-6-16(26)7-10-18/h2-10,12,14H,11,13H2,1H3,(H,30,33). The van der Waals surface area contributed by atoms with Gasteiger partial charge in [-0.25, -0.2) is 22.2 Å². The summed E-state index contributed by atoms with van der Waals surface area (Å²) in [5.74, 6) is -3.31. The molecule has 0 saturated carbocycles. The van der Waals surface area contributed by atoms with Gasteiger partial charge in [-0.15, -0.1) is 0 Å². The van der Waals surface area contributed by atoms with Crippen molar-refractivity contribution < 1.29 is 27.1 Å². The zero-order valence-electron chi connectivity index (χ0n) is 18.0. The molecule has 0 bridgehead atoms. The molecule has 0 atom stereocenters. The molecule has 5 nitrogen and oxygen atoms in total. The first-order valence-electron chi connectivity index (χ1n) is 10.3. The molecule has 174 valence electrons. The predicted octanol–water partition coefficient (Wildman–Crippen LogP) is 6.10. The number of hydrogen-bond acceptors (Lipinski definition) is 3. The maximum atomic E-state index is 14.3. The van der Waals surface area contributed by atoms with Gasteiger partial charge in [0, 0.05) is 18.1 Å². The molecule has 1 N–H and O–H groups in total. The quantitative estimate of drug-likeness (QED) is 0.333. The number of benzene rings is 3. The number of aromatic nitrogens is 2. The van der Waals surface area contributed by atoms with E-state index in [0.717, 1.165) is 12.1 Å². The van der Waals surface area contributed by atoms with E-state index in [1.165, 1.54) is 47.1 Å². The van der Waals surface area contributed by atoms with E-state index in [0.29, 0.717) is 23.0 Å². The summed E-state index contributed by atoms with van der Waals surface area (Å²) < 4.78 is 62.0. The van der Waals surface area contributed by atoms with Crippen LogP contribution in [0.2, 0.25) is 0 Å². The lowest BCUT2D eigenvalue weighted by Gasteiger charge is -2.12. The third-order valence-electron chi connectivity index (χ3n) is 5.06. The molecule has 0 spiro atoms. The molecular formula is C25H19F4N3O2. The molecule has 0 saturated heterocycles. The summed E-state index contributed by atoms with van der Waals surface area (Å²) in [6.45, 7) is 1.68. The normalized spacial score (nSPS) is 10.9. The number of para-hydroxylation sites is 1. The molecule has 34 heavy (non-hydrogen) atoms. The van der Waals surface area contributed by atoms with Crippen molar-refractivity contribution in [1.82, 2.24) is 9.78 Å². The van der Waals surface area contributed by atoms with Gasteiger partial charge in [0.2, 0.25) is 11.8 Å². The Balaban J connectivity index is 1.64. The van der Waals surface area contributed by atoms with Crippen LogP contribution in [-0.4, -0.2) is 15.7 Å². The van der Waals surface area contributed by atoms with Gasteiger partial charge in [-0.1, -0.05) is 12.1 Å². The fourth-order valence-corrected chi connectivity index (χ4v) is 3.36. The predicted molar refractivity (Wildman–Crippen MR) is 118 cm³/mol. The van der Waals surface area contributed by atoms with Crippen molar-refractivity contribution in [3.8, 4) is 17.3 Å². The summed E-state index contributed by atoms with van der Waals surface area (Å²) in [4.78, 5) is 12.4. The zero-order chi connectivity index (χ0) is 24.2. The van der Waals surface area contributed by atoms with E-state index in [2.05, 4.69) is 10.4 Å². The Hall–Kier alpha value is -4.14. The van der Waals surface area contributed by atoms with Gasteiger partial charge in [0.05, 0.1) is 17.1 Å². The molecule has 0 unspecified atom stereocenters. The number of hydrogen-bond donors (Lipinski definition) is 1. The van der Waals surface area contributed by atoms with Crippen molar-refractivity contribution >= 4 is 11.6 Å². The lowest BCUT2D eigenvalue weighted by molar-refractivity contribution is -0.116. The number of anilines is 1. The summed E-state index contributed by atoms with van der Waals surface area (Å²) in [6, 6.07) is 14.0. The van der Waals surface area contributed by atoms with E-state index in [4.69, 9.17) is 4.74 Å². The molecule has 0 radical (unpaired) electrons. The highest BCUT2D eigenvalue weighted by molar-refractivity contribution is 5.91. The summed E-state index contributed by atoms with van der Waals surface area (Å²) in [6.07, 6.45) is 0.0814. The molecule has 0 aliphatic rings. The average molecular weight is 469 g/mol. The first kappa shape index (κ1) is 23.0. The van der Waals surface area contributed by atoms with Crippen LogP contribution in [0.3, 0.4) is 0 Å². The van der Waals surface area contributed by atoms with Crippen molar-refractivity contribution in [2.45, 2.75) is 19.8 Å². The summed E-state index contributed by atoms with van der Waals surface area (Å²) in [5, 5.41) is 6.91. The van der Waals surface area contributed by atoms with Crippen LogP contribution in [0.5, 0.6) is 11.6 Å². The Morgan fingerprint density at radius 2 is 1.65 bits per heavy atom. The number of carbonyl (C=O) groups excluding carboxylic acids is 1. The number of ether oxygens (including phenoxy) is 1. The third kappa shape index (κ3) is 5.09. The molecule has 3 aromatic carbocycles. The summed E-state index contributed by atoms with van der Waals surface area (Å²) >= 11 is 0. The average Bonchev–Trinajstić information content (AvgIpc) is 3.11. The van der Waals surface area contributed by atoms with Crippen molar-refractivity contribution in [3.05, 3.63) is 101 Å². The smallest absolute Gasteiger partial charge is 0.226 e. The van der Waals surface area contributed by atoms with Crippen LogP contribution in [0, 0.1) is 30.2 Å². The largest absolute Gasteiger partial charge is 0.436 e. The third-order valence-corrected chi connectivity index (χ3v) is 5.06. The van der Waals surface area contributed by atoms with Gasteiger partial charge in [-0.05, 0) is 61.9 Å². The monoisotopic (exact) mass is 469 g/mol. The number of carbonyl (C=O) groups is 1. The second-order valence-corrected chi connectivity index (χ2v) is 7.46. The van der Waals surface area contributed by atoms with Gasteiger partial charge in [-0.2, -0.15) is 5.10 Å². The second kappa shape index (κ2) is 9.78. The van der Waals surface area contributed by atoms with E-state index in [1.807, 2.05) is 0 Å². The fourth-order valence-electron chi connectivity index (χ4n) is 3.36. The second-order valence-electron chi connectivity index (χ2n) is 7.46. The van der Waals surface area contributed by atoms with Crippen molar-refractivity contribution in [2.75, 3.05) is 5.32 Å². The highest BCUT2D eigenvalue weighted by atomic mass is 19.1. The highest BCUT2D eigenvalue weighted by Crippen LogP contribution is 2.33. The van der Waals surface area contributed by atoms with Crippen LogP contribution in [-0.2, 0) is 11.2 Å². The van der Waals surface area contributed by atoms with Gasteiger partial charge in [0.15, 0.2) is 11.6 Å². The number of amides is 1. The molecule has 1 amide bonds. The lowest BCUT2D eigenvalue weighted by Crippen LogP contribution is -2.13. The molecule has 0 aliphatic carbocycles. The molecule has 0 fully saturated rings. The highest BCUT2D eigenvalue weighted by Gasteiger charge is 2.21. The molecular weight excluding hydrogens is 450 g/mol. The van der Waals surface area contributed by atoms with Crippen molar-refractivity contribution in [3.63, 3.8) is 0 Å². The fraction of sp³-hybridized carbons (Fsp3) is 0.120. The Kier molecular flexibility index (Phi) is 6.62. The molecule has 1 heterocycles. The van der Waals surface area contributed by atoms with Crippen LogP contribution in [0.25, 0.3) is 5.69 Å². The minimum Gasteiger partial charge on any atom is -0.436 e. The van der Waals surface area contributed by atoms with Crippen LogP contribution >= 0.6 is 0 Å². The molecule has 4 aromatic rings. The molecule has 1 aromatic heterocycles. The molecule has 4 rings (SSSR count). The van der Waals surface area contributed by atoms with Gasteiger partial charge in [-0.3, -0.25) is 4.79 Å². The van der Waals surface area contributed by atoms with Crippen LogP contribution < -0.4 is 10.1 Å². The number of halogens is 4. The first-order chi connectivity index (χ1) is 16.3. The number of nitrogens with zero attached hydrogens (tertiary/aromatic N) is 2. The molecule has 0 aliphatic heterocycles. The zero-order valence-corrected chi connectivity index (χ0v) is 18.0. The van der Waals surface area contributed by atoms with Crippen LogP contribution in [0.15, 0.2) is 66.7 Å². The van der Waals surface area contributed by atoms with Gasteiger partial charge < -0.3 is 10.1 Å². The lowest BCUT2D eigenvalue weighted by atomic mass is 10.1. The van der Waals surface area contributed by atoms with Gasteiger partial charge >= 0.3 is 0 Å². The SMILES string of the molecule is Cc1nn(-c2ccc(F)cc2)c(Oc2ccc(F)cc2F)c1CCC(=O)Nc1ccccc1F. The first-order valence-corrected chi connectivity index (χ1v) is 10.3. The van der Waals surface area contributed by atoms with Gasteiger partial charge in [0.25, 0.3) is 0 Å². The Bertz CT molecular complexity index is 1340. The summed E-state index contributed by atoms with van der Waals surface area (Å²) in [5.41, 5.74) is 1.46. The van der Waals surface area contributed by atoms with Crippen LogP contribution in [0.1, 0.15) is 17.7 Å². The number of aryl methyl sites for hydroxylation is 1. The maximum absolute atomic E-state index is 14.3. The molecule has 9 heteroatoms. The summed E-state index contributed by atoms with van der Waals surface area (Å²) in [7, 11) is 0. The maximum Gasteiger partial charge on any atom is 0.226 e. The van der Waals surface area contributed by atoms with E-state index in [9.17, 15) is 22.4 Å². The van der Waals surface area contributed by atoms with Crippen LogP contribution in [0.4, 0.5) is 23.2 Å². The van der Waals surface area contributed by atoms with E-state index in [1.54, 1.807) is 13.0 Å².